The van der Waals surface area contributed by atoms with Crippen molar-refractivity contribution in [3.63, 3.8) is 0 Å². The van der Waals surface area contributed by atoms with Gasteiger partial charge in [0.05, 0.1) is 0 Å². The van der Waals surface area contributed by atoms with Crippen LogP contribution < -0.4 is 0 Å². The first-order valence-electron chi connectivity index (χ1n) is 13.3. The second-order valence-electron chi connectivity index (χ2n) is 10.6. The minimum atomic E-state index is 0.0351. The van der Waals surface area contributed by atoms with Gasteiger partial charge in [-0.2, -0.15) is 0 Å². The van der Waals surface area contributed by atoms with E-state index in [0.717, 1.165) is 50.1 Å². The Morgan fingerprint density at radius 3 is 1.00 bits per heavy atom. The number of rotatable bonds is 6. The van der Waals surface area contributed by atoms with Crippen molar-refractivity contribution in [2.24, 2.45) is 0 Å². The maximum atomic E-state index is 13.1. The lowest BCUT2D eigenvalue weighted by molar-refractivity contribution is 0.0762. The molecule has 3 aliphatic rings. The van der Waals surface area contributed by atoms with Crippen molar-refractivity contribution in [1.29, 1.82) is 0 Å². The minimum absolute atomic E-state index is 0.0351. The molecule has 4 aromatic carbocycles. The molecule has 0 aliphatic carbocycles. The first-order valence-corrected chi connectivity index (χ1v) is 13.3. The van der Waals surface area contributed by atoms with Gasteiger partial charge in [0.25, 0.3) is 17.7 Å². The molecular weight excluding hydrogens is 486 g/mol. The van der Waals surface area contributed by atoms with Crippen molar-refractivity contribution in [3.05, 3.63) is 141 Å². The highest BCUT2D eigenvalue weighted by molar-refractivity contribution is 5.99. The lowest BCUT2D eigenvalue weighted by Crippen LogP contribution is -2.26. The van der Waals surface area contributed by atoms with Gasteiger partial charge in [0.15, 0.2) is 0 Å². The number of hydrogen-bond donors (Lipinski definition) is 0. The third kappa shape index (κ3) is 4.18. The van der Waals surface area contributed by atoms with Crippen LogP contribution in [0.15, 0.2) is 91.0 Å². The Bertz CT molecular complexity index is 1450. The summed E-state index contributed by atoms with van der Waals surface area (Å²) in [6, 6.07) is 29.5. The summed E-state index contributed by atoms with van der Waals surface area (Å²) in [6.07, 6.45) is 0. The Labute approximate surface area is 227 Å². The zero-order chi connectivity index (χ0) is 26.5. The molecule has 0 radical (unpaired) electrons. The monoisotopic (exact) mass is 513 g/mol. The highest BCUT2D eigenvalue weighted by Crippen LogP contribution is 2.29. The lowest BCUT2D eigenvalue weighted by Gasteiger charge is -2.22. The molecule has 0 bridgehead atoms. The smallest absolute Gasteiger partial charge is 0.254 e. The summed E-state index contributed by atoms with van der Waals surface area (Å²) >= 11 is 0. The second kappa shape index (κ2) is 9.24. The Morgan fingerprint density at radius 2 is 0.718 bits per heavy atom. The molecule has 0 fully saturated rings. The van der Waals surface area contributed by atoms with Crippen LogP contribution in [0.3, 0.4) is 0 Å². The molecule has 0 atom stereocenters. The van der Waals surface area contributed by atoms with Crippen LogP contribution >= 0.6 is 0 Å². The first kappa shape index (κ1) is 23.4. The van der Waals surface area contributed by atoms with Crippen molar-refractivity contribution >= 4 is 17.7 Å². The van der Waals surface area contributed by atoms with Gasteiger partial charge in [0.1, 0.15) is 0 Å². The van der Waals surface area contributed by atoms with Gasteiger partial charge < -0.3 is 14.7 Å². The van der Waals surface area contributed by atoms with Crippen molar-refractivity contribution in [2.75, 3.05) is 0 Å². The van der Waals surface area contributed by atoms with Crippen molar-refractivity contribution in [1.82, 2.24) is 14.7 Å². The van der Waals surface area contributed by atoms with Crippen molar-refractivity contribution in [2.45, 2.75) is 39.3 Å². The summed E-state index contributed by atoms with van der Waals surface area (Å²) in [4.78, 5) is 44.8. The zero-order valence-electron chi connectivity index (χ0n) is 21.5. The molecule has 39 heavy (non-hydrogen) atoms. The summed E-state index contributed by atoms with van der Waals surface area (Å²) in [6.45, 7) is 3.14. The van der Waals surface area contributed by atoms with Crippen LogP contribution in [0.2, 0.25) is 0 Å². The standard InChI is InChI=1S/C33H27N3O3/c37-31-28-10-4-1-7-25(28)19-34(31)16-22-13-23(17-35-20-26-8-2-5-11-29(26)32(35)38)15-24(14-22)18-36-21-27-9-3-6-12-30(27)33(36)39/h1-15H,16-21H2. The fraction of sp³-hybridized carbons (Fsp3) is 0.182. The van der Waals surface area contributed by atoms with Crippen LogP contribution in [0.1, 0.15) is 64.5 Å². The maximum Gasteiger partial charge on any atom is 0.254 e. The molecule has 0 spiro atoms. The molecule has 192 valence electrons. The van der Waals surface area contributed by atoms with E-state index in [9.17, 15) is 14.4 Å². The van der Waals surface area contributed by atoms with Crippen LogP contribution in [0.25, 0.3) is 0 Å². The fourth-order valence-corrected chi connectivity index (χ4v) is 6.10. The van der Waals surface area contributed by atoms with Gasteiger partial charge in [-0.05, 0) is 51.6 Å². The largest absolute Gasteiger partial charge is 0.330 e. The predicted octanol–water partition coefficient (Wildman–Crippen LogP) is 5.15. The molecular formula is C33H27N3O3. The van der Waals surface area contributed by atoms with Crippen molar-refractivity contribution in [3.8, 4) is 0 Å². The maximum absolute atomic E-state index is 13.1. The van der Waals surface area contributed by atoms with E-state index in [1.165, 1.54) is 0 Å². The molecule has 6 nitrogen and oxygen atoms in total. The third-order valence-corrected chi connectivity index (χ3v) is 7.92. The molecule has 3 amide bonds. The average Bonchev–Trinajstić information content (AvgIpc) is 3.55. The lowest BCUT2D eigenvalue weighted by atomic mass is 10.0. The van der Waals surface area contributed by atoms with E-state index in [2.05, 4.69) is 18.2 Å². The Balaban J connectivity index is 1.17. The van der Waals surface area contributed by atoms with Crippen LogP contribution in [-0.4, -0.2) is 32.4 Å². The molecule has 0 unspecified atom stereocenters. The SMILES string of the molecule is O=C1c2ccccc2CN1Cc1cc(CN2Cc3ccccc3C2=O)cc(CN2Cc3ccccc3C2=O)c1. The van der Waals surface area contributed by atoms with Gasteiger partial charge in [-0.15, -0.1) is 0 Å². The van der Waals surface area contributed by atoms with Gasteiger partial charge in [0, 0.05) is 56.0 Å². The predicted molar refractivity (Wildman–Crippen MR) is 147 cm³/mol. The first-order chi connectivity index (χ1) is 19.0. The Morgan fingerprint density at radius 1 is 0.436 bits per heavy atom. The third-order valence-electron chi connectivity index (χ3n) is 7.92. The fourth-order valence-electron chi connectivity index (χ4n) is 6.10. The molecule has 7 rings (SSSR count). The molecule has 0 saturated heterocycles. The van der Waals surface area contributed by atoms with Gasteiger partial charge in [-0.1, -0.05) is 72.8 Å². The Kier molecular flexibility index (Phi) is 5.55. The van der Waals surface area contributed by atoms with Gasteiger partial charge in [-0.25, -0.2) is 0 Å². The van der Waals surface area contributed by atoms with E-state index in [4.69, 9.17) is 0 Å². The second-order valence-corrected chi connectivity index (χ2v) is 10.6. The molecule has 0 saturated carbocycles. The number of carbonyl (C=O) groups excluding carboxylic acids is 3. The number of amides is 3. The number of nitrogens with zero attached hydrogens (tertiary/aromatic N) is 3. The van der Waals surface area contributed by atoms with Crippen molar-refractivity contribution < 1.29 is 14.4 Å². The highest BCUT2D eigenvalue weighted by Gasteiger charge is 2.30. The van der Waals surface area contributed by atoms with E-state index in [-0.39, 0.29) is 17.7 Å². The molecule has 0 N–H and O–H groups in total. The highest BCUT2D eigenvalue weighted by atomic mass is 16.2. The Hall–Kier alpha value is -4.71. The van der Waals surface area contributed by atoms with E-state index >= 15 is 0 Å². The quantitative estimate of drug-likeness (QED) is 0.358. The number of fused-ring (bicyclic) bond motifs is 3. The zero-order valence-corrected chi connectivity index (χ0v) is 21.5. The molecule has 0 aromatic heterocycles. The van der Waals surface area contributed by atoms with E-state index in [0.29, 0.717) is 39.3 Å². The number of carbonyl (C=O) groups is 3. The molecule has 3 heterocycles. The number of hydrogen-bond acceptors (Lipinski definition) is 3. The topological polar surface area (TPSA) is 60.9 Å². The van der Waals surface area contributed by atoms with Gasteiger partial charge in [0.2, 0.25) is 0 Å². The van der Waals surface area contributed by atoms with Crippen LogP contribution in [0.4, 0.5) is 0 Å². The number of benzene rings is 4. The summed E-state index contributed by atoms with van der Waals surface area (Å²) in [5, 5.41) is 0. The van der Waals surface area contributed by atoms with Gasteiger partial charge >= 0.3 is 0 Å². The molecule has 6 heteroatoms. The summed E-state index contributed by atoms with van der Waals surface area (Å²) < 4.78 is 0. The summed E-state index contributed by atoms with van der Waals surface area (Å²) in [5.74, 6) is 0.105. The van der Waals surface area contributed by atoms with E-state index in [1.54, 1.807) is 0 Å². The molecule has 3 aliphatic heterocycles. The molecule has 4 aromatic rings. The normalized spacial score (nSPS) is 15.7. The van der Waals surface area contributed by atoms with Crippen LogP contribution in [0, 0.1) is 0 Å². The summed E-state index contributed by atoms with van der Waals surface area (Å²) in [7, 11) is 0. The van der Waals surface area contributed by atoms with Gasteiger partial charge in [-0.3, -0.25) is 14.4 Å². The van der Waals surface area contributed by atoms with Crippen LogP contribution in [0.5, 0.6) is 0 Å². The van der Waals surface area contributed by atoms with E-state index < -0.39 is 0 Å². The van der Waals surface area contributed by atoms with E-state index in [1.807, 2.05) is 87.5 Å². The summed E-state index contributed by atoms with van der Waals surface area (Å²) in [5.41, 5.74) is 8.39. The van der Waals surface area contributed by atoms with Crippen LogP contribution in [-0.2, 0) is 39.3 Å². The average molecular weight is 514 g/mol. The minimum Gasteiger partial charge on any atom is -0.330 e.